The average Bonchev–Trinajstić information content (AvgIpc) is 2.68. The minimum Gasteiger partial charge on any atom is -0.389 e. The van der Waals surface area contributed by atoms with Gasteiger partial charge in [0.1, 0.15) is 5.60 Å². The third-order valence-electron chi connectivity index (χ3n) is 3.05. The highest BCUT2D eigenvalue weighted by atomic mass is 35.5. The highest BCUT2D eigenvalue weighted by Crippen LogP contribution is 2.35. The van der Waals surface area contributed by atoms with Crippen molar-refractivity contribution in [2.75, 3.05) is 0 Å². The first-order chi connectivity index (χ1) is 9.91. The molecule has 22 heavy (non-hydrogen) atoms. The lowest BCUT2D eigenvalue weighted by Crippen LogP contribution is -2.24. The smallest absolute Gasteiger partial charge is 0.389 e. The van der Waals surface area contributed by atoms with E-state index in [9.17, 15) is 21.6 Å². The van der Waals surface area contributed by atoms with Gasteiger partial charge in [-0.05, 0) is 37.6 Å². The quantitative estimate of drug-likeness (QED) is 0.811. The molecule has 0 bridgehead atoms. The molecule has 0 fully saturated rings. The summed E-state index contributed by atoms with van der Waals surface area (Å²) in [6.07, 6.45) is -4.65. The fourth-order valence-electron chi connectivity index (χ4n) is 2.02. The molecule has 0 saturated heterocycles. The molecular formula is C13H13ClF3NO3S. The number of rotatable bonds is 2. The second-order valence-corrected chi connectivity index (χ2v) is 8.00. The third-order valence-corrected chi connectivity index (χ3v) is 4.91. The molecule has 0 aliphatic carbocycles. The molecule has 0 unspecified atom stereocenters. The van der Waals surface area contributed by atoms with E-state index in [1.807, 2.05) is 0 Å². The number of hydrogen-bond acceptors (Lipinski definition) is 4. The SMILES string of the molecule is CC1(C)CC(S(=O)(=O)Cc2cc(Cl)ccc2C(F)(F)F)=NO1. The van der Waals surface area contributed by atoms with Crippen LogP contribution in [0.25, 0.3) is 0 Å². The van der Waals surface area contributed by atoms with E-state index in [1.54, 1.807) is 13.8 Å². The van der Waals surface area contributed by atoms with E-state index in [4.69, 9.17) is 16.4 Å². The van der Waals surface area contributed by atoms with E-state index in [0.717, 1.165) is 18.2 Å². The summed E-state index contributed by atoms with van der Waals surface area (Å²) in [4.78, 5) is 4.96. The van der Waals surface area contributed by atoms with Crippen LogP contribution in [0, 0.1) is 0 Å². The summed E-state index contributed by atoms with van der Waals surface area (Å²) in [6, 6.07) is 2.84. The van der Waals surface area contributed by atoms with Gasteiger partial charge in [-0.15, -0.1) is 0 Å². The molecule has 4 nitrogen and oxygen atoms in total. The highest BCUT2D eigenvalue weighted by Gasteiger charge is 2.39. The van der Waals surface area contributed by atoms with Crippen LogP contribution in [0.1, 0.15) is 31.4 Å². The molecule has 0 aromatic heterocycles. The summed E-state index contributed by atoms with van der Waals surface area (Å²) in [5.41, 5.74) is -2.23. The van der Waals surface area contributed by atoms with E-state index < -0.39 is 38.5 Å². The van der Waals surface area contributed by atoms with Crippen LogP contribution >= 0.6 is 11.6 Å². The summed E-state index contributed by atoms with van der Waals surface area (Å²) >= 11 is 5.68. The van der Waals surface area contributed by atoms with Crippen molar-refractivity contribution in [3.8, 4) is 0 Å². The predicted molar refractivity (Wildman–Crippen MR) is 76.3 cm³/mol. The first-order valence-electron chi connectivity index (χ1n) is 6.24. The molecule has 1 aromatic rings. The molecule has 1 aromatic carbocycles. The maximum atomic E-state index is 13.0. The Balaban J connectivity index is 2.37. The van der Waals surface area contributed by atoms with Gasteiger partial charge in [0.2, 0.25) is 0 Å². The monoisotopic (exact) mass is 355 g/mol. The molecule has 0 saturated carbocycles. The van der Waals surface area contributed by atoms with Gasteiger partial charge in [-0.2, -0.15) is 13.2 Å². The third kappa shape index (κ3) is 3.73. The zero-order valence-electron chi connectivity index (χ0n) is 11.7. The number of hydrogen-bond donors (Lipinski definition) is 0. The van der Waals surface area contributed by atoms with Crippen molar-refractivity contribution in [3.63, 3.8) is 0 Å². The van der Waals surface area contributed by atoms with Crippen molar-refractivity contribution in [1.82, 2.24) is 0 Å². The molecule has 0 radical (unpaired) electrons. The van der Waals surface area contributed by atoms with Gasteiger partial charge < -0.3 is 4.84 Å². The number of benzene rings is 1. The number of sulfone groups is 1. The lowest BCUT2D eigenvalue weighted by atomic mass is 10.1. The van der Waals surface area contributed by atoms with Gasteiger partial charge in [0.15, 0.2) is 14.9 Å². The van der Waals surface area contributed by atoms with Crippen LogP contribution in [0.15, 0.2) is 23.4 Å². The van der Waals surface area contributed by atoms with E-state index in [-0.39, 0.29) is 16.5 Å². The lowest BCUT2D eigenvalue weighted by Gasteiger charge is -2.14. The maximum Gasteiger partial charge on any atom is 0.416 e. The number of halogens is 4. The molecule has 0 N–H and O–H groups in total. The first kappa shape index (κ1) is 17.1. The van der Waals surface area contributed by atoms with Crippen LogP contribution in [0.4, 0.5) is 13.2 Å². The Morgan fingerprint density at radius 2 is 2.00 bits per heavy atom. The van der Waals surface area contributed by atoms with Gasteiger partial charge in [0.25, 0.3) is 0 Å². The highest BCUT2D eigenvalue weighted by molar-refractivity contribution is 8.05. The van der Waals surface area contributed by atoms with Crippen LogP contribution in [-0.2, 0) is 26.6 Å². The van der Waals surface area contributed by atoms with Crippen LogP contribution < -0.4 is 0 Å². The molecule has 9 heteroatoms. The van der Waals surface area contributed by atoms with Gasteiger partial charge >= 0.3 is 6.18 Å². The molecule has 122 valence electrons. The topological polar surface area (TPSA) is 55.7 Å². The van der Waals surface area contributed by atoms with Crippen molar-refractivity contribution >= 4 is 26.5 Å². The summed E-state index contributed by atoms with van der Waals surface area (Å²) in [5, 5.41) is 3.26. The average molecular weight is 356 g/mol. The van der Waals surface area contributed by atoms with Gasteiger partial charge in [-0.25, -0.2) is 8.42 Å². The fourth-order valence-corrected chi connectivity index (χ4v) is 3.74. The van der Waals surface area contributed by atoms with Gasteiger partial charge in [-0.1, -0.05) is 16.8 Å². The molecular weight excluding hydrogens is 343 g/mol. The Kier molecular flexibility index (Phi) is 4.20. The number of oxime groups is 1. The Labute approximate surface area is 130 Å². The molecule has 1 aliphatic heterocycles. The standard InChI is InChI=1S/C13H13ClF3NO3S/c1-12(2)6-11(18-21-12)22(19,20)7-8-5-9(14)3-4-10(8)13(15,16)17/h3-5H,6-7H2,1-2H3. The normalized spacial score (nSPS) is 18.0. The Bertz CT molecular complexity index is 727. The van der Waals surface area contributed by atoms with Crippen LogP contribution in [0.5, 0.6) is 0 Å². The zero-order valence-corrected chi connectivity index (χ0v) is 13.3. The molecule has 1 aliphatic rings. The van der Waals surface area contributed by atoms with Crippen molar-refractivity contribution in [3.05, 3.63) is 34.3 Å². The van der Waals surface area contributed by atoms with Crippen molar-refractivity contribution in [2.45, 2.75) is 37.8 Å². The van der Waals surface area contributed by atoms with Crippen molar-refractivity contribution < 1.29 is 26.4 Å². The van der Waals surface area contributed by atoms with Crippen LogP contribution in [0.3, 0.4) is 0 Å². The molecule has 0 amide bonds. The van der Waals surface area contributed by atoms with Crippen molar-refractivity contribution in [2.24, 2.45) is 5.16 Å². The van der Waals surface area contributed by atoms with E-state index >= 15 is 0 Å². The summed E-state index contributed by atoms with van der Waals surface area (Å²) in [5.74, 6) is -0.833. The van der Waals surface area contributed by atoms with Crippen LogP contribution in [0.2, 0.25) is 5.02 Å². The van der Waals surface area contributed by atoms with Gasteiger partial charge in [0, 0.05) is 11.4 Å². The van der Waals surface area contributed by atoms with E-state index in [0.29, 0.717) is 0 Å². The first-order valence-corrected chi connectivity index (χ1v) is 8.27. The van der Waals surface area contributed by atoms with E-state index in [1.165, 1.54) is 0 Å². The van der Waals surface area contributed by atoms with Crippen LogP contribution in [-0.4, -0.2) is 19.1 Å². The van der Waals surface area contributed by atoms with E-state index in [2.05, 4.69) is 5.16 Å². The summed E-state index contributed by atoms with van der Waals surface area (Å²) in [7, 11) is -4.02. The van der Waals surface area contributed by atoms with Crippen molar-refractivity contribution in [1.29, 1.82) is 0 Å². The maximum absolute atomic E-state index is 13.0. The number of nitrogens with zero attached hydrogens (tertiary/aromatic N) is 1. The molecule has 0 spiro atoms. The Hall–Kier alpha value is -1.28. The fraction of sp³-hybridized carbons (Fsp3) is 0.462. The lowest BCUT2D eigenvalue weighted by molar-refractivity contribution is -0.138. The summed E-state index contributed by atoms with van der Waals surface area (Å²) in [6.45, 7) is 3.28. The molecule has 1 heterocycles. The molecule has 2 rings (SSSR count). The van der Waals surface area contributed by atoms with Gasteiger partial charge in [-0.3, -0.25) is 0 Å². The predicted octanol–water partition coefficient (Wildman–Crippen LogP) is 3.79. The Morgan fingerprint density at radius 1 is 1.36 bits per heavy atom. The second kappa shape index (κ2) is 5.42. The summed E-state index contributed by atoms with van der Waals surface area (Å²) < 4.78 is 63.4. The second-order valence-electron chi connectivity index (χ2n) is 5.57. The molecule has 0 atom stereocenters. The zero-order chi connectivity index (χ0) is 16.8. The number of alkyl halides is 3. The minimum atomic E-state index is -4.66. The largest absolute Gasteiger partial charge is 0.416 e. The van der Waals surface area contributed by atoms with Gasteiger partial charge in [0.05, 0.1) is 11.3 Å². The Morgan fingerprint density at radius 3 is 2.50 bits per heavy atom. The minimum absolute atomic E-state index is 0.0112.